The molecular weight excluding hydrogens is 247 g/mol. The molecule has 7 heteroatoms. The van der Waals surface area contributed by atoms with Gasteiger partial charge in [0.15, 0.2) is 0 Å². The van der Waals surface area contributed by atoms with Crippen LogP contribution < -0.4 is 5.32 Å². The molecule has 1 saturated heterocycles. The fraction of sp³-hybridized carbons (Fsp3) is 0.273. The van der Waals surface area contributed by atoms with Gasteiger partial charge in [-0.3, -0.25) is 0 Å². The van der Waals surface area contributed by atoms with E-state index in [0.717, 1.165) is 12.1 Å². The number of hydrogen-bond donors (Lipinski definition) is 1. The first-order valence-corrected chi connectivity index (χ1v) is 5.06. The third-order valence-electron chi connectivity index (χ3n) is 2.49. The van der Waals surface area contributed by atoms with Gasteiger partial charge in [-0.25, -0.2) is 4.79 Å². The van der Waals surface area contributed by atoms with Gasteiger partial charge in [-0.1, -0.05) is 0 Å². The molecule has 1 aromatic carbocycles. The Labute approximate surface area is 101 Å². The summed E-state index contributed by atoms with van der Waals surface area (Å²) in [4.78, 5) is 12.7. The molecule has 1 aliphatic rings. The minimum atomic E-state index is -4.39. The molecule has 4 nitrogen and oxygen atoms in total. The molecule has 0 bridgehead atoms. The van der Waals surface area contributed by atoms with Crippen molar-refractivity contribution in [2.24, 2.45) is 0 Å². The Bertz CT molecular complexity index is 504. The molecule has 94 valence electrons. The molecule has 0 spiro atoms. The lowest BCUT2D eigenvalue weighted by Crippen LogP contribution is -2.20. The van der Waals surface area contributed by atoms with E-state index in [2.05, 4.69) is 5.32 Å². The van der Waals surface area contributed by atoms with Gasteiger partial charge in [-0.15, -0.1) is 0 Å². The summed E-state index contributed by atoms with van der Waals surface area (Å²) < 4.78 is 36.9. The number of urea groups is 1. The van der Waals surface area contributed by atoms with Gasteiger partial charge in [0.25, 0.3) is 0 Å². The lowest BCUT2D eigenvalue weighted by molar-refractivity contribution is -0.137. The van der Waals surface area contributed by atoms with Crippen LogP contribution in [0.15, 0.2) is 24.3 Å². The van der Waals surface area contributed by atoms with Crippen LogP contribution in [0, 0.1) is 11.3 Å². The molecule has 1 fully saturated rings. The fourth-order valence-corrected chi connectivity index (χ4v) is 1.41. The van der Waals surface area contributed by atoms with E-state index in [1.807, 2.05) is 6.07 Å². The Morgan fingerprint density at radius 2 is 2.00 bits per heavy atom. The van der Waals surface area contributed by atoms with Crippen molar-refractivity contribution in [3.05, 3.63) is 29.8 Å². The average Bonchev–Trinajstić information content (AvgIpc) is 3.07. The van der Waals surface area contributed by atoms with Crippen LogP contribution in [0.5, 0.6) is 0 Å². The number of rotatable bonds is 1. The number of alkyl halides is 3. The molecule has 1 heterocycles. The number of carbonyl (C=O) groups is 1. The van der Waals surface area contributed by atoms with Gasteiger partial charge in [0.05, 0.1) is 18.2 Å². The third-order valence-corrected chi connectivity index (χ3v) is 2.49. The van der Waals surface area contributed by atoms with Crippen molar-refractivity contribution < 1.29 is 18.0 Å². The van der Waals surface area contributed by atoms with Gasteiger partial charge in [0.2, 0.25) is 0 Å². The number of carbonyl (C=O) groups excluding carboxylic acids is 1. The van der Waals surface area contributed by atoms with Gasteiger partial charge < -0.3 is 10.2 Å². The number of amides is 2. The summed E-state index contributed by atoms with van der Waals surface area (Å²) in [5, 5.41) is 10.9. The predicted molar refractivity (Wildman–Crippen MR) is 56.6 cm³/mol. The molecular formula is C11H8F3N3O. The van der Waals surface area contributed by atoms with Crippen LogP contribution in [0.4, 0.5) is 23.7 Å². The highest BCUT2D eigenvalue weighted by Crippen LogP contribution is 2.30. The van der Waals surface area contributed by atoms with E-state index in [0.29, 0.717) is 6.54 Å². The van der Waals surface area contributed by atoms with Crippen LogP contribution in [0.25, 0.3) is 0 Å². The van der Waals surface area contributed by atoms with Crippen LogP contribution >= 0.6 is 0 Å². The normalized spacial score (nSPS) is 18.1. The van der Waals surface area contributed by atoms with Crippen LogP contribution in [0.2, 0.25) is 0 Å². The smallest absolute Gasteiger partial charge is 0.308 e. The quantitative estimate of drug-likeness (QED) is 0.783. The van der Waals surface area contributed by atoms with Crippen molar-refractivity contribution in [2.75, 3.05) is 11.9 Å². The molecule has 0 aromatic heterocycles. The SMILES string of the molecule is N#CC1CN1C(=O)Nc1ccc(C(F)(F)F)cc1. The highest BCUT2D eigenvalue weighted by atomic mass is 19.4. The van der Waals surface area contributed by atoms with E-state index in [1.54, 1.807) is 0 Å². The monoisotopic (exact) mass is 255 g/mol. The van der Waals surface area contributed by atoms with Gasteiger partial charge >= 0.3 is 12.2 Å². The molecule has 1 unspecified atom stereocenters. The lowest BCUT2D eigenvalue weighted by atomic mass is 10.2. The van der Waals surface area contributed by atoms with Crippen molar-refractivity contribution in [3.63, 3.8) is 0 Å². The molecule has 1 aliphatic heterocycles. The topological polar surface area (TPSA) is 55.9 Å². The Morgan fingerprint density at radius 3 is 2.44 bits per heavy atom. The van der Waals surface area contributed by atoms with Crippen LogP contribution in [-0.2, 0) is 6.18 Å². The summed E-state index contributed by atoms with van der Waals surface area (Å²) in [6.45, 7) is 0.350. The lowest BCUT2D eigenvalue weighted by Gasteiger charge is -2.09. The minimum Gasteiger partial charge on any atom is -0.308 e. The van der Waals surface area contributed by atoms with E-state index in [4.69, 9.17) is 5.26 Å². The molecule has 0 aliphatic carbocycles. The fourth-order valence-electron chi connectivity index (χ4n) is 1.41. The van der Waals surface area contributed by atoms with Crippen molar-refractivity contribution in [1.29, 1.82) is 5.26 Å². The molecule has 1 N–H and O–H groups in total. The Morgan fingerprint density at radius 1 is 1.39 bits per heavy atom. The predicted octanol–water partition coefficient (Wildman–Crippen LogP) is 2.45. The summed E-state index contributed by atoms with van der Waals surface area (Å²) >= 11 is 0. The van der Waals surface area contributed by atoms with Crippen molar-refractivity contribution in [2.45, 2.75) is 12.2 Å². The summed E-state index contributed by atoms with van der Waals surface area (Å²) in [5.41, 5.74) is -0.515. The maximum Gasteiger partial charge on any atom is 0.416 e. The first-order valence-electron chi connectivity index (χ1n) is 5.06. The standard InChI is InChI=1S/C11H8F3N3O/c12-11(13,14)7-1-3-8(4-2-7)16-10(18)17-6-9(17)5-15/h1-4,9H,6H2,(H,16,18). The van der Waals surface area contributed by atoms with Crippen molar-refractivity contribution >= 4 is 11.7 Å². The Balaban J connectivity index is 1.99. The largest absolute Gasteiger partial charge is 0.416 e. The van der Waals surface area contributed by atoms with Gasteiger partial charge in [-0.2, -0.15) is 18.4 Å². The number of halogens is 3. The maximum atomic E-state index is 12.3. The minimum absolute atomic E-state index is 0.261. The summed E-state index contributed by atoms with van der Waals surface area (Å²) in [7, 11) is 0. The highest BCUT2D eigenvalue weighted by molar-refractivity contribution is 5.91. The molecule has 18 heavy (non-hydrogen) atoms. The summed E-state index contributed by atoms with van der Waals surface area (Å²) in [5.74, 6) is 0. The zero-order chi connectivity index (χ0) is 13.3. The Hall–Kier alpha value is -2.23. The average molecular weight is 255 g/mol. The van der Waals surface area contributed by atoms with Gasteiger partial charge in [0.1, 0.15) is 6.04 Å². The molecule has 0 radical (unpaired) electrons. The van der Waals surface area contributed by atoms with E-state index in [-0.39, 0.29) is 5.69 Å². The van der Waals surface area contributed by atoms with Crippen LogP contribution in [0.1, 0.15) is 5.56 Å². The number of nitriles is 1. The second kappa shape index (κ2) is 4.22. The number of hydrogen-bond acceptors (Lipinski definition) is 2. The third kappa shape index (κ3) is 2.53. The second-order valence-electron chi connectivity index (χ2n) is 3.80. The number of nitrogens with zero attached hydrogens (tertiary/aromatic N) is 2. The molecule has 1 aromatic rings. The van der Waals surface area contributed by atoms with Crippen LogP contribution in [-0.4, -0.2) is 23.5 Å². The van der Waals surface area contributed by atoms with E-state index >= 15 is 0 Å². The number of benzene rings is 1. The van der Waals surface area contributed by atoms with E-state index in [9.17, 15) is 18.0 Å². The second-order valence-corrected chi connectivity index (χ2v) is 3.80. The molecule has 0 saturated carbocycles. The number of anilines is 1. The summed E-state index contributed by atoms with van der Waals surface area (Å²) in [6.07, 6.45) is -4.39. The van der Waals surface area contributed by atoms with Crippen LogP contribution in [0.3, 0.4) is 0 Å². The zero-order valence-electron chi connectivity index (χ0n) is 9.03. The highest BCUT2D eigenvalue weighted by Gasteiger charge is 2.38. The Kier molecular flexibility index (Phi) is 2.87. The number of nitrogens with one attached hydrogen (secondary N) is 1. The zero-order valence-corrected chi connectivity index (χ0v) is 9.03. The summed E-state index contributed by atoms with van der Waals surface area (Å²) in [6, 6.07) is 5.11. The molecule has 1 atom stereocenters. The van der Waals surface area contributed by atoms with Gasteiger partial charge in [0, 0.05) is 5.69 Å². The molecule has 2 rings (SSSR count). The molecule has 2 amide bonds. The van der Waals surface area contributed by atoms with Crippen molar-refractivity contribution in [3.8, 4) is 6.07 Å². The van der Waals surface area contributed by atoms with Gasteiger partial charge in [-0.05, 0) is 24.3 Å². The van der Waals surface area contributed by atoms with E-state index < -0.39 is 23.8 Å². The first-order chi connectivity index (χ1) is 8.41. The first kappa shape index (κ1) is 12.2. The maximum absolute atomic E-state index is 12.3. The van der Waals surface area contributed by atoms with E-state index in [1.165, 1.54) is 17.0 Å². The van der Waals surface area contributed by atoms with Crippen molar-refractivity contribution in [1.82, 2.24) is 4.90 Å².